The molecule has 4 nitrogen and oxygen atoms in total. The third kappa shape index (κ3) is 4.34. The van der Waals surface area contributed by atoms with E-state index in [9.17, 15) is 4.79 Å². The zero-order valence-corrected chi connectivity index (χ0v) is 12.3. The van der Waals surface area contributed by atoms with E-state index in [0.717, 1.165) is 11.1 Å². The first kappa shape index (κ1) is 16.7. The lowest BCUT2D eigenvalue weighted by Gasteiger charge is -2.11. The van der Waals surface area contributed by atoms with Gasteiger partial charge in [-0.2, -0.15) is 0 Å². The van der Waals surface area contributed by atoms with Crippen molar-refractivity contribution in [2.24, 2.45) is 0 Å². The van der Waals surface area contributed by atoms with Gasteiger partial charge >= 0.3 is 5.97 Å². The standard InChI is InChI=1S/C15H19NO3.ClH/c1-3-11-5-4-6-12(7-11)10-19-13-8-14(16-9-13)15(17)18-2;/h3-7,13-14,16H,1,8-10H2,2H3;1H/t13-,14+;/m1./s1. The summed E-state index contributed by atoms with van der Waals surface area (Å²) in [5.74, 6) is -0.222. The largest absolute Gasteiger partial charge is 0.468 e. The Labute approximate surface area is 125 Å². The maximum atomic E-state index is 11.4. The summed E-state index contributed by atoms with van der Waals surface area (Å²) in [4.78, 5) is 11.4. The van der Waals surface area contributed by atoms with Crippen molar-refractivity contribution in [2.75, 3.05) is 13.7 Å². The maximum Gasteiger partial charge on any atom is 0.322 e. The molecule has 1 fully saturated rings. The lowest BCUT2D eigenvalue weighted by atomic mass is 10.1. The summed E-state index contributed by atoms with van der Waals surface area (Å²) < 4.78 is 10.5. The van der Waals surface area contributed by atoms with Gasteiger partial charge in [-0.3, -0.25) is 4.79 Å². The van der Waals surface area contributed by atoms with Crippen molar-refractivity contribution in [1.82, 2.24) is 5.32 Å². The molecule has 110 valence electrons. The smallest absolute Gasteiger partial charge is 0.322 e. The molecule has 0 saturated carbocycles. The molecule has 0 aromatic heterocycles. The number of halogens is 1. The molecule has 0 unspecified atom stereocenters. The molecule has 1 saturated heterocycles. The Hall–Kier alpha value is -1.36. The van der Waals surface area contributed by atoms with Crippen molar-refractivity contribution in [2.45, 2.75) is 25.2 Å². The van der Waals surface area contributed by atoms with E-state index >= 15 is 0 Å². The lowest BCUT2D eigenvalue weighted by Crippen LogP contribution is -2.31. The predicted molar refractivity (Wildman–Crippen MR) is 80.8 cm³/mol. The van der Waals surface area contributed by atoms with Crippen molar-refractivity contribution in [1.29, 1.82) is 0 Å². The van der Waals surface area contributed by atoms with Crippen LogP contribution in [0.1, 0.15) is 17.5 Å². The quantitative estimate of drug-likeness (QED) is 0.846. The first-order valence-electron chi connectivity index (χ1n) is 6.37. The van der Waals surface area contributed by atoms with Crippen LogP contribution in [-0.4, -0.2) is 31.8 Å². The average molecular weight is 298 g/mol. The van der Waals surface area contributed by atoms with Crippen LogP contribution >= 0.6 is 12.4 Å². The van der Waals surface area contributed by atoms with Gasteiger partial charge in [0.15, 0.2) is 0 Å². The highest BCUT2D eigenvalue weighted by molar-refractivity contribution is 5.85. The molecule has 0 bridgehead atoms. The zero-order valence-electron chi connectivity index (χ0n) is 11.5. The molecule has 0 spiro atoms. The second-order valence-electron chi connectivity index (χ2n) is 4.60. The van der Waals surface area contributed by atoms with Crippen LogP contribution < -0.4 is 5.32 Å². The summed E-state index contributed by atoms with van der Waals surface area (Å²) in [7, 11) is 1.40. The van der Waals surface area contributed by atoms with Gasteiger partial charge in [0.05, 0.1) is 19.8 Å². The van der Waals surface area contributed by atoms with Crippen LogP contribution in [-0.2, 0) is 20.9 Å². The molecular formula is C15H20ClNO3. The van der Waals surface area contributed by atoms with Gasteiger partial charge in [0.2, 0.25) is 0 Å². The Morgan fingerprint density at radius 3 is 3.05 bits per heavy atom. The van der Waals surface area contributed by atoms with Gasteiger partial charge in [-0.1, -0.05) is 30.9 Å². The van der Waals surface area contributed by atoms with Crippen LogP contribution in [0.4, 0.5) is 0 Å². The lowest BCUT2D eigenvalue weighted by molar-refractivity contribution is -0.142. The molecule has 1 aliphatic heterocycles. The van der Waals surface area contributed by atoms with Crippen molar-refractivity contribution in [3.63, 3.8) is 0 Å². The van der Waals surface area contributed by atoms with E-state index in [2.05, 4.69) is 11.9 Å². The molecule has 1 aliphatic rings. The molecule has 1 heterocycles. The fourth-order valence-corrected chi connectivity index (χ4v) is 2.18. The minimum absolute atomic E-state index is 0. The van der Waals surface area contributed by atoms with Gasteiger partial charge in [0, 0.05) is 13.0 Å². The van der Waals surface area contributed by atoms with Crippen molar-refractivity contribution >= 4 is 24.5 Å². The Morgan fingerprint density at radius 2 is 2.35 bits per heavy atom. The van der Waals surface area contributed by atoms with E-state index < -0.39 is 0 Å². The van der Waals surface area contributed by atoms with E-state index in [-0.39, 0.29) is 30.5 Å². The second kappa shape index (κ2) is 8.04. The van der Waals surface area contributed by atoms with E-state index in [0.29, 0.717) is 19.6 Å². The molecule has 1 N–H and O–H groups in total. The summed E-state index contributed by atoms with van der Waals surface area (Å²) in [5, 5.41) is 3.10. The number of carbonyl (C=O) groups is 1. The highest BCUT2D eigenvalue weighted by atomic mass is 35.5. The number of carbonyl (C=O) groups excluding carboxylic acids is 1. The van der Waals surface area contributed by atoms with Crippen LogP contribution in [0.3, 0.4) is 0 Å². The number of benzene rings is 1. The van der Waals surface area contributed by atoms with Crippen LogP contribution in [0.5, 0.6) is 0 Å². The first-order chi connectivity index (χ1) is 9.22. The van der Waals surface area contributed by atoms with Gasteiger partial charge < -0.3 is 14.8 Å². The SMILES string of the molecule is C=Cc1cccc(CO[C@H]2CN[C@H](C(=O)OC)C2)c1.Cl. The van der Waals surface area contributed by atoms with Gasteiger partial charge in [0.25, 0.3) is 0 Å². The summed E-state index contributed by atoms with van der Waals surface area (Å²) in [5.41, 5.74) is 2.19. The van der Waals surface area contributed by atoms with Crippen molar-refractivity contribution in [3.8, 4) is 0 Å². The van der Waals surface area contributed by atoms with E-state index in [1.807, 2.05) is 30.3 Å². The van der Waals surface area contributed by atoms with E-state index in [1.165, 1.54) is 7.11 Å². The fourth-order valence-electron chi connectivity index (χ4n) is 2.18. The number of hydrogen-bond donors (Lipinski definition) is 1. The third-order valence-electron chi connectivity index (χ3n) is 3.25. The predicted octanol–water partition coefficient (Wildman–Crippen LogP) is 2.17. The molecule has 0 amide bonds. The normalized spacial score (nSPS) is 21.1. The molecule has 1 aromatic carbocycles. The van der Waals surface area contributed by atoms with Crippen molar-refractivity contribution in [3.05, 3.63) is 42.0 Å². The summed E-state index contributed by atoms with van der Waals surface area (Å²) >= 11 is 0. The highest BCUT2D eigenvalue weighted by Crippen LogP contribution is 2.15. The van der Waals surface area contributed by atoms with Crippen LogP contribution in [0, 0.1) is 0 Å². The summed E-state index contributed by atoms with van der Waals surface area (Å²) in [6.45, 7) is 4.97. The van der Waals surface area contributed by atoms with Crippen LogP contribution in [0.25, 0.3) is 6.08 Å². The summed E-state index contributed by atoms with van der Waals surface area (Å²) in [6.07, 6.45) is 2.53. The topological polar surface area (TPSA) is 47.6 Å². The Bertz CT molecular complexity index is 464. The van der Waals surface area contributed by atoms with Crippen LogP contribution in [0.15, 0.2) is 30.8 Å². The minimum atomic E-state index is -0.241. The Kier molecular flexibility index (Phi) is 6.71. The number of rotatable bonds is 5. The van der Waals surface area contributed by atoms with Gasteiger partial charge in [-0.25, -0.2) is 0 Å². The van der Waals surface area contributed by atoms with Gasteiger partial charge in [-0.15, -0.1) is 12.4 Å². The Morgan fingerprint density at radius 1 is 1.55 bits per heavy atom. The van der Waals surface area contributed by atoms with E-state index in [4.69, 9.17) is 9.47 Å². The molecule has 2 rings (SSSR count). The molecule has 1 aromatic rings. The molecule has 2 atom stereocenters. The number of esters is 1. The first-order valence-corrected chi connectivity index (χ1v) is 6.37. The van der Waals surface area contributed by atoms with Gasteiger partial charge in [0.1, 0.15) is 6.04 Å². The fraction of sp³-hybridized carbons (Fsp3) is 0.400. The molecule has 0 aliphatic carbocycles. The monoisotopic (exact) mass is 297 g/mol. The van der Waals surface area contributed by atoms with E-state index in [1.54, 1.807) is 0 Å². The number of ether oxygens (including phenoxy) is 2. The van der Waals surface area contributed by atoms with Crippen LogP contribution in [0.2, 0.25) is 0 Å². The van der Waals surface area contributed by atoms with Crippen molar-refractivity contribution < 1.29 is 14.3 Å². The average Bonchev–Trinajstić information content (AvgIpc) is 2.93. The maximum absolute atomic E-state index is 11.4. The third-order valence-corrected chi connectivity index (χ3v) is 3.25. The molecule has 0 radical (unpaired) electrons. The Balaban J connectivity index is 0.00000200. The minimum Gasteiger partial charge on any atom is -0.468 e. The molecular weight excluding hydrogens is 278 g/mol. The van der Waals surface area contributed by atoms with Gasteiger partial charge in [-0.05, 0) is 17.2 Å². The number of methoxy groups -OCH3 is 1. The summed E-state index contributed by atoms with van der Waals surface area (Å²) in [6, 6.07) is 7.82. The number of hydrogen-bond acceptors (Lipinski definition) is 4. The molecule has 5 heteroatoms. The highest BCUT2D eigenvalue weighted by Gasteiger charge is 2.30. The second-order valence-corrected chi connectivity index (χ2v) is 4.60. The molecule has 20 heavy (non-hydrogen) atoms. The zero-order chi connectivity index (χ0) is 13.7. The number of nitrogens with one attached hydrogen (secondary N) is 1.